The van der Waals surface area contributed by atoms with Crippen molar-refractivity contribution < 1.29 is 19.4 Å². The molecule has 25 heavy (non-hydrogen) atoms. The summed E-state index contributed by atoms with van der Waals surface area (Å²) in [6, 6.07) is 7.60. The van der Waals surface area contributed by atoms with Crippen LogP contribution in [0.5, 0.6) is 5.88 Å². The molecule has 9 heteroatoms. The summed E-state index contributed by atoms with van der Waals surface area (Å²) in [5.74, 6) is -1.39. The Morgan fingerprint density at radius 3 is 2.60 bits per heavy atom. The fourth-order valence-corrected chi connectivity index (χ4v) is 2.21. The molecule has 0 aliphatic heterocycles. The minimum Gasteiger partial charge on any atom is -0.481 e. The fourth-order valence-electron chi connectivity index (χ4n) is 2.21. The van der Waals surface area contributed by atoms with E-state index in [-0.39, 0.29) is 11.3 Å². The first-order valence-electron chi connectivity index (χ1n) is 7.09. The molecule has 3 aromatic rings. The Morgan fingerprint density at radius 2 is 2.00 bits per heavy atom. The summed E-state index contributed by atoms with van der Waals surface area (Å²) in [7, 11) is 1.49. The average molecular weight is 339 g/mol. The van der Waals surface area contributed by atoms with Gasteiger partial charge in [-0.25, -0.2) is 14.5 Å². The minimum absolute atomic E-state index is 0.169. The number of nitrogens with zero attached hydrogens (tertiary/aromatic N) is 4. The molecule has 0 saturated heterocycles. The zero-order chi connectivity index (χ0) is 18.0. The van der Waals surface area contributed by atoms with E-state index in [1.165, 1.54) is 42.4 Å². The van der Waals surface area contributed by atoms with Crippen molar-refractivity contribution in [1.82, 2.24) is 19.7 Å². The van der Waals surface area contributed by atoms with Gasteiger partial charge in [0.1, 0.15) is 0 Å². The molecule has 3 rings (SSSR count). The van der Waals surface area contributed by atoms with E-state index in [0.717, 1.165) is 0 Å². The zero-order valence-electron chi connectivity index (χ0n) is 13.1. The summed E-state index contributed by atoms with van der Waals surface area (Å²) in [6.07, 6.45) is 2.90. The number of carboxylic acid groups (broad SMARTS) is 1. The van der Waals surface area contributed by atoms with Crippen molar-refractivity contribution in [2.45, 2.75) is 0 Å². The predicted octanol–water partition coefficient (Wildman–Crippen LogP) is 1.14. The summed E-state index contributed by atoms with van der Waals surface area (Å²) in [5, 5.41) is 13.3. The van der Waals surface area contributed by atoms with E-state index in [9.17, 15) is 14.7 Å². The number of ether oxygens (including phenoxy) is 1. The lowest BCUT2D eigenvalue weighted by Crippen LogP contribution is -2.11. The van der Waals surface area contributed by atoms with Crippen LogP contribution in [0.15, 0.2) is 42.7 Å². The largest absolute Gasteiger partial charge is 0.481 e. The number of amides is 1. The van der Waals surface area contributed by atoms with Gasteiger partial charge in [-0.15, -0.1) is 0 Å². The van der Waals surface area contributed by atoms with Gasteiger partial charge in [-0.2, -0.15) is 5.10 Å². The monoisotopic (exact) mass is 339 g/mol. The molecule has 3 aromatic heterocycles. The summed E-state index contributed by atoms with van der Waals surface area (Å²) in [4.78, 5) is 30.9. The highest BCUT2D eigenvalue weighted by atomic mass is 16.5. The molecule has 0 radical (unpaired) electrons. The maximum Gasteiger partial charge on any atom is 0.356 e. The third kappa shape index (κ3) is 3.15. The van der Waals surface area contributed by atoms with E-state index < -0.39 is 11.9 Å². The lowest BCUT2D eigenvalue weighted by molar-refractivity contribution is 0.0689. The van der Waals surface area contributed by atoms with Gasteiger partial charge in [0.25, 0.3) is 0 Å². The number of hydrogen-bond acceptors (Lipinski definition) is 6. The molecule has 0 unspecified atom stereocenters. The molecule has 0 spiro atoms. The summed E-state index contributed by atoms with van der Waals surface area (Å²) in [6.45, 7) is 0. The van der Waals surface area contributed by atoms with Crippen LogP contribution in [-0.4, -0.2) is 43.8 Å². The van der Waals surface area contributed by atoms with Gasteiger partial charge >= 0.3 is 5.97 Å². The molecule has 3 N–H and O–H groups in total. The Balaban J connectivity index is 2.16. The molecular formula is C16H13N5O4. The number of primary amides is 1. The van der Waals surface area contributed by atoms with Gasteiger partial charge < -0.3 is 15.6 Å². The van der Waals surface area contributed by atoms with Crippen LogP contribution < -0.4 is 10.5 Å². The van der Waals surface area contributed by atoms with Gasteiger partial charge in [0, 0.05) is 23.9 Å². The highest BCUT2D eigenvalue weighted by molar-refractivity contribution is 5.94. The molecule has 9 nitrogen and oxygen atoms in total. The number of aromatic nitrogens is 4. The smallest absolute Gasteiger partial charge is 0.356 e. The minimum atomic E-state index is -1.19. The molecule has 0 aliphatic carbocycles. The highest BCUT2D eigenvalue weighted by Crippen LogP contribution is 2.23. The maximum absolute atomic E-state index is 11.4. The second-order valence-corrected chi connectivity index (χ2v) is 4.98. The van der Waals surface area contributed by atoms with Crippen molar-refractivity contribution in [1.29, 1.82) is 0 Å². The first-order chi connectivity index (χ1) is 12.0. The Bertz CT molecular complexity index is 949. The van der Waals surface area contributed by atoms with Gasteiger partial charge in [0.05, 0.1) is 30.4 Å². The lowest BCUT2D eigenvalue weighted by atomic mass is 10.1. The van der Waals surface area contributed by atoms with E-state index >= 15 is 0 Å². The molecular weight excluding hydrogens is 326 g/mol. The molecule has 0 fully saturated rings. The van der Waals surface area contributed by atoms with Crippen molar-refractivity contribution in [2.24, 2.45) is 5.73 Å². The van der Waals surface area contributed by atoms with Crippen LogP contribution in [0.4, 0.5) is 0 Å². The van der Waals surface area contributed by atoms with Crippen molar-refractivity contribution in [2.75, 3.05) is 7.11 Å². The first-order valence-corrected chi connectivity index (χ1v) is 7.09. The van der Waals surface area contributed by atoms with E-state index in [2.05, 4.69) is 15.1 Å². The molecule has 126 valence electrons. The van der Waals surface area contributed by atoms with Gasteiger partial charge in [0.2, 0.25) is 11.8 Å². The molecule has 0 saturated carbocycles. The standard InChI is InChI=1S/C16H13N5O4/c1-25-14-3-2-10(8-19-14)21-13(7-12(20-21)16(23)24)11-6-9(15(17)22)4-5-18-11/h2-8H,1H3,(H2,17,22)(H,23,24). The van der Waals surface area contributed by atoms with E-state index in [1.807, 2.05) is 0 Å². The summed E-state index contributed by atoms with van der Waals surface area (Å²) in [5.41, 5.74) is 6.62. The first kappa shape index (κ1) is 16.1. The molecule has 0 aliphatic rings. The normalized spacial score (nSPS) is 10.4. The van der Waals surface area contributed by atoms with Crippen LogP contribution in [0.25, 0.3) is 17.1 Å². The van der Waals surface area contributed by atoms with E-state index in [4.69, 9.17) is 10.5 Å². The number of hydrogen-bond donors (Lipinski definition) is 2. The number of carbonyl (C=O) groups excluding carboxylic acids is 1. The third-order valence-electron chi connectivity index (χ3n) is 3.41. The van der Waals surface area contributed by atoms with Crippen LogP contribution >= 0.6 is 0 Å². The van der Waals surface area contributed by atoms with Crippen LogP contribution in [0.2, 0.25) is 0 Å². The van der Waals surface area contributed by atoms with E-state index in [1.54, 1.807) is 12.1 Å². The van der Waals surface area contributed by atoms with Crippen molar-refractivity contribution >= 4 is 11.9 Å². The topological polar surface area (TPSA) is 133 Å². The second kappa shape index (κ2) is 6.40. The second-order valence-electron chi connectivity index (χ2n) is 4.98. The molecule has 0 bridgehead atoms. The predicted molar refractivity (Wildman–Crippen MR) is 86.6 cm³/mol. The Kier molecular flexibility index (Phi) is 4.12. The SMILES string of the molecule is COc1ccc(-n2nc(C(=O)O)cc2-c2cc(C(N)=O)ccn2)cn1. The van der Waals surface area contributed by atoms with Gasteiger partial charge in [0.15, 0.2) is 5.69 Å². The number of aromatic carboxylic acids is 1. The summed E-state index contributed by atoms with van der Waals surface area (Å²) >= 11 is 0. The molecule has 3 heterocycles. The third-order valence-corrected chi connectivity index (χ3v) is 3.41. The number of rotatable bonds is 5. The number of methoxy groups -OCH3 is 1. The number of nitrogens with two attached hydrogens (primary N) is 1. The van der Waals surface area contributed by atoms with Crippen molar-refractivity contribution in [3.63, 3.8) is 0 Å². The number of carbonyl (C=O) groups is 2. The van der Waals surface area contributed by atoms with Crippen molar-refractivity contribution in [3.8, 4) is 23.0 Å². The van der Waals surface area contributed by atoms with Gasteiger partial charge in [-0.3, -0.25) is 9.78 Å². The van der Waals surface area contributed by atoms with Crippen LogP contribution in [0, 0.1) is 0 Å². The van der Waals surface area contributed by atoms with Crippen LogP contribution in [-0.2, 0) is 0 Å². The summed E-state index contributed by atoms with van der Waals surface area (Å²) < 4.78 is 6.38. The molecule has 1 amide bonds. The van der Waals surface area contributed by atoms with Crippen molar-refractivity contribution in [3.05, 3.63) is 54.0 Å². The quantitative estimate of drug-likeness (QED) is 0.712. The molecule has 0 aromatic carbocycles. The molecule has 0 atom stereocenters. The van der Waals surface area contributed by atoms with Crippen LogP contribution in [0.1, 0.15) is 20.8 Å². The van der Waals surface area contributed by atoms with Crippen LogP contribution in [0.3, 0.4) is 0 Å². The maximum atomic E-state index is 11.4. The number of carboxylic acids is 1. The number of pyridine rings is 2. The Morgan fingerprint density at radius 1 is 1.20 bits per heavy atom. The fraction of sp³-hybridized carbons (Fsp3) is 0.0625. The Labute approximate surface area is 141 Å². The van der Waals surface area contributed by atoms with Gasteiger partial charge in [-0.05, 0) is 18.2 Å². The van der Waals surface area contributed by atoms with E-state index in [0.29, 0.717) is 23.0 Å². The highest BCUT2D eigenvalue weighted by Gasteiger charge is 2.18. The van der Waals surface area contributed by atoms with Gasteiger partial charge in [-0.1, -0.05) is 0 Å². The zero-order valence-corrected chi connectivity index (χ0v) is 13.1. The Hall–Kier alpha value is -3.75. The average Bonchev–Trinajstić information content (AvgIpc) is 3.07. The lowest BCUT2D eigenvalue weighted by Gasteiger charge is -2.08.